The monoisotopic (exact) mass is 413 g/mol. The minimum absolute atomic E-state index is 0.0127. The van der Waals surface area contributed by atoms with Crippen molar-refractivity contribution in [3.8, 4) is 0 Å². The van der Waals surface area contributed by atoms with Crippen LogP contribution in [0.15, 0.2) is 30.4 Å². The minimum atomic E-state index is 0.0127. The molecule has 0 unspecified atom stereocenters. The maximum Gasteiger partial charge on any atom is 0.126 e. The maximum absolute atomic E-state index is 15.1. The van der Waals surface area contributed by atoms with Crippen LogP contribution in [0.3, 0.4) is 0 Å². The molecule has 1 aliphatic carbocycles. The molecule has 30 heavy (non-hydrogen) atoms. The second kappa shape index (κ2) is 9.98. The minimum Gasteiger partial charge on any atom is -0.307 e. The van der Waals surface area contributed by atoms with E-state index in [1.54, 1.807) is 0 Å². The molecule has 2 fully saturated rings. The Hall–Kier alpha value is -1.15. The third kappa shape index (κ3) is 6.67. The fourth-order valence-corrected chi connectivity index (χ4v) is 6.28. The molecule has 3 rings (SSSR count). The Labute approximate surface area is 184 Å². The van der Waals surface area contributed by atoms with E-state index in [1.165, 1.54) is 50.5 Å². The lowest BCUT2D eigenvalue weighted by Gasteiger charge is -2.46. The van der Waals surface area contributed by atoms with Crippen molar-refractivity contribution in [2.24, 2.45) is 11.8 Å². The summed E-state index contributed by atoms with van der Waals surface area (Å²) in [6.07, 6.45) is 16.8. The molecule has 2 aliphatic rings. The van der Waals surface area contributed by atoms with Crippen molar-refractivity contribution in [1.82, 2.24) is 5.32 Å². The first-order chi connectivity index (χ1) is 14.2. The molecule has 1 nitrogen and oxygen atoms in total. The number of piperidine rings is 1. The van der Waals surface area contributed by atoms with Gasteiger partial charge in [0.2, 0.25) is 0 Å². The zero-order valence-corrected chi connectivity index (χ0v) is 20.1. The number of benzene rings is 1. The molecule has 1 saturated carbocycles. The van der Waals surface area contributed by atoms with Gasteiger partial charge >= 0.3 is 0 Å². The molecule has 0 atom stereocenters. The predicted octanol–water partition coefficient (Wildman–Crippen LogP) is 7.95. The van der Waals surface area contributed by atoms with Gasteiger partial charge in [-0.2, -0.15) is 0 Å². The molecule has 2 heteroatoms. The normalized spacial score (nSPS) is 26.9. The van der Waals surface area contributed by atoms with Gasteiger partial charge in [-0.05, 0) is 108 Å². The summed E-state index contributed by atoms with van der Waals surface area (Å²) >= 11 is 0. The van der Waals surface area contributed by atoms with Crippen molar-refractivity contribution in [3.05, 3.63) is 47.3 Å². The van der Waals surface area contributed by atoms with E-state index >= 15 is 4.39 Å². The molecule has 0 bridgehead atoms. The molecule has 168 valence electrons. The van der Waals surface area contributed by atoms with Gasteiger partial charge in [-0.3, -0.25) is 0 Å². The molecule has 1 heterocycles. The van der Waals surface area contributed by atoms with Gasteiger partial charge in [0.25, 0.3) is 0 Å². The Morgan fingerprint density at radius 2 is 1.57 bits per heavy atom. The number of halogens is 1. The molecule has 1 aromatic carbocycles. The van der Waals surface area contributed by atoms with Gasteiger partial charge in [0.1, 0.15) is 5.82 Å². The molecule has 0 aromatic heterocycles. The Kier molecular flexibility index (Phi) is 7.82. The average molecular weight is 414 g/mol. The molecular formula is C28H44FN. The third-order valence-electron chi connectivity index (χ3n) is 7.48. The summed E-state index contributed by atoms with van der Waals surface area (Å²) in [5, 5.41) is 3.71. The van der Waals surface area contributed by atoms with E-state index in [4.69, 9.17) is 0 Å². The molecule has 1 saturated heterocycles. The highest BCUT2D eigenvalue weighted by Gasteiger charge is 2.38. The van der Waals surface area contributed by atoms with Crippen LogP contribution >= 0.6 is 0 Å². The summed E-state index contributed by atoms with van der Waals surface area (Å²) in [6.45, 7) is 11.1. The summed E-state index contributed by atoms with van der Waals surface area (Å²) in [5.41, 5.74) is 2.19. The van der Waals surface area contributed by atoms with Crippen LogP contribution in [0.2, 0.25) is 0 Å². The van der Waals surface area contributed by atoms with Gasteiger partial charge in [0.15, 0.2) is 0 Å². The molecule has 0 amide bonds. The van der Waals surface area contributed by atoms with E-state index in [9.17, 15) is 0 Å². The van der Waals surface area contributed by atoms with Crippen LogP contribution in [-0.4, -0.2) is 11.1 Å². The quantitative estimate of drug-likeness (QED) is 0.447. The fourth-order valence-electron chi connectivity index (χ4n) is 6.28. The first-order valence-corrected chi connectivity index (χ1v) is 12.4. The fraction of sp³-hybridized carbons (Fsp3) is 0.714. The van der Waals surface area contributed by atoms with Crippen LogP contribution in [0.25, 0.3) is 0 Å². The molecule has 1 N–H and O–H groups in total. The van der Waals surface area contributed by atoms with Crippen LogP contribution < -0.4 is 5.32 Å². The molecular weight excluding hydrogens is 369 g/mol. The average Bonchev–Trinajstić information content (AvgIpc) is 2.65. The van der Waals surface area contributed by atoms with Crippen LogP contribution in [-0.2, 0) is 6.42 Å². The standard InChI is InChI=1S/C28H44FN/c1-6-7-8-9-21-10-12-22(13-11-21)14-15-23-16-17-25(26(29)18-23)24-19-27(2,3)30-28(4,5)20-24/h6-7,16-18,21-22,24,30H,8-15,19-20H2,1-5H3/b7-6+. The molecule has 0 spiro atoms. The zero-order valence-electron chi connectivity index (χ0n) is 20.1. The number of hydrogen-bond acceptors (Lipinski definition) is 1. The van der Waals surface area contributed by atoms with Crippen LogP contribution in [0.4, 0.5) is 4.39 Å². The van der Waals surface area contributed by atoms with Gasteiger partial charge in [-0.25, -0.2) is 4.39 Å². The topological polar surface area (TPSA) is 12.0 Å². The first kappa shape index (κ1) is 23.5. The van der Waals surface area contributed by atoms with Crippen LogP contribution in [0.5, 0.6) is 0 Å². The SMILES string of the molecule is C/C=C/CCC1CCC(CCc2ccc(C3CC(C)(C)NC(C)(C)C3)c(F)c2)CC1. The van der Waals surface area contributed by atoms with Gasteiger partial charge in [0, 0.05) is 11.1 Å². The Balaban J connectivity index is 1.51. The predicted molar refractivity (Wildman–Crippen MR) is 127 cm³/mol. The summed E-state index contributed by atoms with van der Waals surface area (Å²) < 4.78 is 15.1. The zero-order chi connectivity index (χ0) is 21.8. The summed E-state index contributed by atoms with van der Waals surface area (Å²) in [6, 6.07) is 6.12. The summed E-state index contributed by atoms with van der Waals surface area (Å²) in [5.74, 6) is 2.06. The van der Waals surface area contributed by atoms with Crippen molar-refractivity contribution in [2.75, 3.05) is 0 Å². The summed E-state index contributed by atoms with van der Waals surface area (Å²) in [7, 11) is 0. The number of rotatable bonds is 7. The number of aryl methyl sites for hydroxylation is 1. The lowest BCUT2D eigenvalue weighted by atomic mass is 9.73. The Bertz CT molecular complexity index is 693. The second-order valence-corrected chi connectivity index (χ2v) is 11.4. The number of nitrogens with one attached hydrogen (secondary N) is 1. The Morgan fingerprint density at radius 3 is 2.13 bits per heavy atom. The Morgan fingerprint density at radius 1 is 0.967 bits per heavy atom. The number of allylic oxidation sites excluding steroid dienone is 2. The van der Waals surface area contributed by atoms with Crippen molar-refractivity contribution in [2.45, 2.75) is 116 Å². The second-order valence-electron chi connectivity index (χ2n) is 11.4. The lowest BCUT2D eigenvalue weighted by molar-refractivity contribution is 0.160. The largest absolute Gasteiger partial charge is 0.307 e. The van der Waals surface area contributed by atoms with Gasteiger partial charge in [0.05, 0.1) is 0 Å². The third-order valence-corrected chi connectivity index (χ3v) is 7.48. The molecule has 1 aromatic rings. The molecule has 0 radical (unpaired) electrons. The van der Waals surface area contributed by atoms with E-state index in [0.717, 1.165) is 36.7 Å². The number of hydrogen-bond donors (Lipinski definition) is 1. The lowest BCUT2D eigenvalue weighted by Crippen LogP contribution is -2.57. The highest BCUT2D eigenvalue weighted by atomic mass is 19.1. The first-order valence-electron chi connectivity index (χ1n) is 12.4. The van der Waals surface area contributed by atoms with Gasteiger partial charge in [-0.15, -0.1) is 0 Å². The van der Waals surface area contributed by atoms with Gasteiger partial charge < -0.3 is 5.32 Å². The van der Waals surface area contributed by atoms with Crippen LogP contribution in [0.1, 0.15) is 109 Å². The van der Waals surface area contributed by atoms with Crippen molar-refractivity contribution in [1.29, 1.82) is 0 Å². The van der Waals surface area contributed by atoms with E-state index in [-0.39, 0.29) is 16.9 Å². The van der Waals surface area contributed by atoms with Crippen molar-refractivity contribution in [3.63, 3.8) is 0 Å². The van der Waals surface area contributed by atoms with Gasteiger partial charge in [-0.1, -0.05) is 50.0 Å². The van der Waals surface area contributed by atoms with Crippen LogP contribution in [0, 0.1) is 17.7 Å². The van der Waals surface area contributed by atoms with Crippen molar-refractivity contribution < 1.29 is 4.39 Å². The smallest absolute Gasteiger partial charge is 0.126 e. The van der Waals surface area contributed by atoms with Crippen molar-refractivity contribution >= 4 is 0 Å². The highest BCUT2D eigenvalue weighted by Crippen LogP contribution is 2.40. The van der Waals surface area contributed by atoms with E-state index in [1.807, 2.05) is 6.07 Å². The van der Waals surface area contributed by atoms with E-state index < -0.39 is 0 Å². The maximum atomic E-state index is 15.1. The highest BCUT2D eigenvalue weighted by molar-refractivity contribution is 5.29. The van der Waals surface area contributed by atoms with E-state index in [0.29, 0.717) is 5.92 Å². The summed E-state index contributed by atoms with van der Waals surface area (Å²) in [4.78, 5) is 0. The molecule has 1 aliphatic heterocycles. The van der Waals surface area contributed by atoms with E-state index in [2.05, 4.69) is 64.2 Å².